The molecule has 5 heteroatoms. The van der Waals surface area contributed by atoms with Crippen molar-refractivity contribution in [2.75, 3.05) is 17.7 Å². The van der Waals surface area contributed by atoms with E-state index in [9.17, 15) is 4.79 Å². The molecule has 0 aliphatic rings. The smallest absolute Gasteiger partial charge is 0.237 e. The van der Waals surface area contributed by atoms with Crippen molar-refractivity contribution in [2.24, 2.45) is 0 Å². The molecule has 128 valence electrons. The molecule has 1 unspecified atom stereocenters. The second kappa shape index (κ2) is 9.00. The lowest BCUT2D eigenvalue weighted by Crippen LogP contribution is -2.24. The molecule has 2 aromatic carbocycles. The zero-order chi connectivity index (χ0) is 17.5. The molecule has 0 radical (unpaired) electrons. The molecule has 0 saturated carbocycles. The van der Waals surface area contributed by atoms with Crippen LogP contribution in [-0.4, -0.2) is 23.5 Å². The highest BCUT2D eigenvalue weighted by Gasteiger charge is 2.15. The van der Waals surface area contributed by atoms with Crippen LogP contribution in [0, 0.1) is 13.8 Å². The van der Waals surface area contributed by atoms with E-state index >= 15 is 0 Å². The van der Waals surface area contributed by atoms with E-state index in [4.69, 9.17) is 16.3 Å². The van der Waals surface area contributed by atoms with E-state index in [0.29, 0.717) is 11.6 Å². The maximum atomic E-state index is 12.3. The first-order valence-electron chi connectivity index (χ1n) is 7.84. The molecule has 0 heterocycles. The second-order valence-corrected chi connectivity index (χ2v) is 7.46. The number of rotatable bonds is 7. The van der Waals surface area contributed by atoms with Gasteiger partial charge in [-0.2, -0.15) is 0 Å². The van der Waals surface area contributed by atoms with Gasteiger partial charge in [0.15, 0.2) is 0 Å². The Balaban J connectivity index is 1.78. The van der Waals surface area contributed by atoms with E-state index in [1.807, 2.05) is 57.2 Å². The number of anilines is 1. The van der Waals surface area contributed by atoms with Crippen LogP contribution >= 0.6 is 23.4 Å². The number of nitrogens with one attached hydrogen (secondary N) is 1. The fraction of sp³-hybridized carbons (Fsp3) is 0.316. The normalized spacial score (nSPS) is 11.8. The largest absolute Gasteiger partial charge is 0.493 e. The standard InChI is InChI=1S/C19H22ClNO2S/c1-13-6-4-7-14(2)18(13)21-19(22)15(3)24-11-10-23-17-9-5-8-16(20)12-17/h4-9,12,15H,10-11H2,1-3H3,(H,21,22). The first-order chi connectivity index (χ1) is 11.5. The highest BCUT2D eigenvalue weighted by molar-refractivity contribution is 8.00. The number of benzene rings is 2. The number of ether oxygens (including phenoxy) is 1. The molecule has 0 saturated heterocycles. The van der Waals surface area contributed by atoms with E-state index in [-0.39, 0.29) is 11.2 Å². The molecule has 0 fully saturated rings. The van der Waals surface area contributed by atoms with Gasteiger partial charge in [0.25, 0.3) is 0 Å². The van der Waals surface area contributed by atoms with Crippen molar-refractivity contribution in [3.63, 3.8) is 0 Å². The molecule has 1 N–H and O–H groups in total. The summed E-state index contributed by atoms with van der Waals surface area (Å²) in [5.41, 5.74) is 3.06. The number of halogens is 1. The number of amides is 1. The van der Waals surface area contributed by atoms with Crippen molar-refractivity contribution in [2.45, 2.75) is 26.0 Å². The quantitative estimate of drug-likeness (QED) is 0.696. The number of carbonyl (C=O) groups is 1. The Hall–Kier alpha value is -1.65. The third kappa shape index (κ3) is 5.46. The van der Waals surface area contributed by atoms with Gasteiger partial charge in [-0.05, 0) is 50.1 Å². The van der Waals surface area contributed by atoms with Gasteiger partial charge in [-0.3, -0.25) is 4.79 Å². The molecule has 0 spiro atoms. The number of hydrogen-bond donors (Lipinski definition) is 1. The molecule has 1 atom stereocenters. The Morgan fingerprint density at radius 1 is 1.21 bits per heavy atom. The molecule has 0 aromatic heterocycles. The first kappa shape index (κ1) is 18.7. The van der Waals surface area contributed by atoms with Crippen LogP contribution in [0.25, 0.3) is 0 Å². The van der Waals surface area contributed by atoms with Crippen LogP contribution in [0.5, 0.6) is 5.75 Å². The Labute approximate surface area is 152 Å². The molecule has 24 heavy (non-hydrogen) atoms. The molecule has 1 amide bonds. The minimum atomic E-state index is -0.146. The van der Waals surface area contributed by atoms with Gasteiger partial charge >= 0.3 is 0 Å². The highest BCUT2D eigenvalue weighted by atomic mass is 35.5. The number of carbonyl (C=O) groups excluding carboxylic acids is 1. The average molecular weight is 364 g/mol. The lowest BCUT2D eigenvalue weighted by Gasteiger charge is -2.15. The summed E-state index contributed by atoms with van der Waals surface area (Å²) >= 11 is 7.48. The van der Waals surface area contributed by atoms with Crippen molar-refractivity contribution < 1.29 is 9.53 Å². The van der Waals surface area contributed by atoms with Crippen LogP contribution in [-0.2, 0) is 4.79 Å². The van der Waals surface area contributed by atoms with E-state index in [0.717, 1.165) is 28.3 Å². The first-order valence-corrected chi connectivity index (χ1v) is 9.27. The Kier molecular flexibility index (Phi) is 7.00. The second-order valence-electron chi connectivity index (χ2n) is 5.57. The summed E-state index contributed by atoms with van der Waals surface area (Å²) in [4.78, 5) is 12.3. The fourth-order valence-corrected chi connectivity index (χ4v) is 3.18. The molecule has 0 bridgehead atoms. The Bertz CT molecular complexity index is 685. The third-order valence-electron chi connectivity index (χ3n) is 3.61. The summed E-state index contributed by atoms with van der Waals surface area (Å²) in [5.74, 6) is 1.49. The van der Waals surface area contributed by atoms with Crippen LogP contribution in [0.15, 0.2) is 42.5 Å². The van der Waals surface area contributed by atoms with E-state index in [2.05, 4.69) is 5.32 Å². The Morgan fingerprint density at radius 2 is 1.88 bits per heavy atom. The molecular formula is C19H22ClNO2S. The molecule has 2 rings (SSSR count). The van der Waals surface area contributed by atoms with Crippen LogP contribution in [0.4, 0.5) is 5.69 Å². The summed E-state index contributed by atoms with van der Waals surface area (Å²) in [6.45, 7) is 6.44. The SMILES string of the molecule is Cc1cccc(C)c1NC(=O)C(C)SCCOc1cccc(Cl)c1. The maximum absolute atomic E-state index is 12.3. The van der Waals surface area contributed by atoms with Gasteiger partial charge in [0.1, 0.15) is 5.75 Å². The van der Waals surface area contributed by atoms with Gasteiger partial charge < -0.3 is 10.1 Å². The summed E-state index contributed by atoms with van der Waals surface area (Å²) in [6, 6.07) is 13.3. The maximum Gasteiger partial charge on any atom is 0.237 e. The van der Waals surface area contributed by atoms with Crippen molar-refractivity contribution in [1.29, 1.82) is 0 Å². The van der Waals surface area contributed by atoms with Gasteiger partial charge in [-0.25, -0.2) is 0 Å². The summed E-state index contributed by atoms with van der Waals surface area (Å²) < 4.78 is 5.64. The fourth-order valence-electron chi connectivity index (χ4n) is 2.25. The monoisotopic (exact) mass is 363 g/mol. The van der Waals surface area contributed by atoms with E-state index < -0.39 is 0 Å². The van der Waals surface area contributed by atoms with Crippen LogP contribution < -0.4 is 10.1 Å². The summed E-state index contributed by atoms with van der Waals surface area (Å²) in [7, 11) is 0. The van der Waals surface area contributed by atoms with Crippen LogP contribution in [0.1, 0.15) is 18.1 Å². The minimum absolute atomic E-state index is 0.0140. The zero-order valence-electron chi connectivity index (χ0n) is 14.1. The van der Waals surface area contributed by atoms with Crippen molar-refractivity contribution in [3.05, 3.63) is 58.6 Å². The number of hydrogen-bond acceptors (Lipinski definition) is 3. The number of para-hydroxylation sites is 1. The lowest BCUT2D eigenvalue weighted by atomic mass is 10.1. The van der Waals surface area contributed by atoms with Crippen molar-refractivity contribution in [1.82, 2.24) is 0 Å². The lowest BCUT2D eigenvalue weighted by molar-refractivity contribution is -0.115. The molecular weight excluding hydrogens is 342 g/mol. The van der Waals surface area contributed by atoms with Crippen molar-refractivity contribution >= 4 is 35.0 Å². The molecule has 3 nitrogen and oxygen atoms in total. The van der Waals surface area contributed by atoms with Gasteiger partial charge in [0.05, 0.1) is 11.9 Å². The summed E-state index contributed by atoms with van der Waals surface area (Å²) in [6.07, 6.45) is 0. The van der Waals surface area contributed by atoms with Gasteiger partial charge in [-0.15, -0.1) is 11.8 Å². The number of aryl methyl sites for hydroxylation is 2. The minimum Gasteiger partial charge on any atom is -0.493 e. The zero-order valence-corrected chi connectivity index (χ0v) is 15.7. The van der Waals surface area contributed by atoms with Gasteiger partial charge in [0.2, 0.25) is 5.91 Å². The predicted octanol–water partition coefficient (Wildman–Crippen LogP) is 5.10. The van der Waals surface area contributed by atoms with Gasteiger partial charge in [0, 0.05) is 16.5 Å². The molecule has 0 aliphatic carbocycles. The van der Waals surface area contributed by atoms with Crippen molar-refractivity contribution in [3.8, 4) is 5.75 Å². The van der Waals surface area contributed by atoms with Gasteiger partial charge in [-0.1, -0.05) is 35.9 Å². The predicted molar refractivity (Wildman–Crippen MR) is 103 cm³/mol. The highest BCUT2D eigenvalue weighted by Crippen LogP contribution is 2.22. The van der Waals surface area contributed by atoms with Crippen LogP contribution in [0.3, 0.4) is 0 Å². The van der Waals surface area contributed by atoms with Crippen LogP contribution in [0.2, 0.25) is 5.02 Å². The topological polar surface area (TPSA) is 38.3 Å². The number of thioether (sulfide) groups is 1. The van der Waals surface area contributed by atoms with E-state index in [1.165, 1.54) is 0 Å². The Morgan fingerprint density at radius 3 is 2.54 bits per heavy atom. The third-order valence-corrected chi connectivity index (χ3v) is 4.97. The average Bonchev–Trinajstić information content (AvgIpc) is 2.55. The van der Waals surface area contributed by atoms with E-state index in [1.54, 1.807) is 17.8 Å². The molecule has 0 aliphatic heterocycles. The summed E-state index contributed by atoms with van der Waals surface area (Å²) in [5, 5.41) is 3.53. The molecule has 2 aromatic rings.